The molecule has 1 aliphatic rings. The molecule has 2 heteroatoms. The van der Waals surface area contributed by atoms with Crippen molar-refractivity contribution >= 4 is 16.4 Å². The number of hydrogen-bond donors (Lipinski definition) is 0. The second kappa shape index (κ2) is 1.47. The van der Waals surface area contributed by atoms with Crippen molar-refractivity contribution < 1.29 is 4.74 Å². The molecule has 1 rings (SSSR count). The summed E-state index contributed by atoms with van der Waals surface area (Å²) in [6.45, 7) is 0. The van der Waals surface area contributed by atoms with Crippen LogP contribution in [-0.4, -0.2) is 11.8 Å². The van der Waals surface area contributed by atoms with Crippen LogP contribution in [0, 0.1) is 0 Å². The maximum atomic E-state index is 4.83. The third-order valence-electron chi connectivity index (χ3n) is 0.564. The molecule has 0 N–H and O–H groups in total. The van der Waals surface area contributed by atoms with Gasteiger partial charge in [0.2, 0.25) is 0 Å². The van der Waals surface area contributed by atoms with E-state index in [1.807, 2.05) is 5.41 Å². The molecule has 0 saturated heterocycles. The summed E-state index contributed by atoms with van der Waals surface area (Å²) in [5.41, 5.74) is 0. The van der Waals surface area contributed by atoms with Gasteiger partial charge in [0.1, 0.15) is 5.94 Å². The van der Waals surface area contributed by atoms with Gasteiger partial charge in [-0.3, -0.25) is 0 Å². The molecule has 0 bridgehead atoms. The smallest absolute Gasteiger partial charge is 0.131 e. The minimum Gasteiger partial charge on any atom is -0.490 e. The van der Waals surface area contributed by atoms with Gasteiger partial charge in [-0.2, -0.15) is 0 Å². The highest BCUT2D eigenvalue weighted by molar-refractivity contribution is 8.16. The van der Waals surface area contributed by atoms with E-state index in [0.717, 1.165) is 5.94 Å². The zero-order chi connectivity index (χ0) is 4.41. The highest BCUT2D eigenvalue weighted by Crippen LogP contribution is 2.16. The van der Waals surface area contributed by atoms with E-state index in [1.165, 1.54) is 0 Å². The van der Waals surface area contributed by atoms with Crippen molar-refractivity contribution in [3.05, 3.63) is 11.7 Å². The van der Waals surface area contributed by atoms with Crippen molar-refractivity contribution in [2.75, 3.05) is 5.94 Å². The van der Waals surface area contributed by atoms with E-state index in [9.17, 15) is 0 Å². The molecule has 0 radical (unpaired) electrons. The van der Waals surface area contributed by atoms with Crippen LogP contribution >= 0.6 is 10.5 Å². The van der Waals surface area contributed by atoms with Crippen molar-refractivity contribution in [3.63, 3.8) is 0 Å². The molecule has 1 heterocycles. The first-order chi connectivity index (χ1) is 2.89. The Balaban J connectivity index is 2.59. The summed E-state index contributed by atoms with van der Waals surface area (Å²) in [5, 5.41) is 1.97. The van der Waals surface area contributed by atoms with Gasteiger partial charge < -0.3 is 4.74 Å². The lowest BCUT2D eigenvalue weighted by Crippen LogP contribution is -1.68. The Bertz CT molecular complexity index is 95.7. The maximum absolute atomic E-state index is 4.83. The predicted octanol–water partition coefficient (Wildman–Crippen LogP) is 1.15. The molecule has 0 saturated carbocycles. The van der Waals surface area contributed by atoms with Crippen LogP contribution in [0.4, 0.5) is 0 Å². The molecule has 0 spiro atoms. The average molecular weight is 102 g/mol. The van der Waals surface area contributed by atoms with Gasteiger partial charge >= 0.3 is 0 Å². The van der Waals surface area contributed by atoms with Gasteiger partial charge in [-0.15, -0.1) is 10.5 Å². The summed E-state index contributed by atoms with van der Waals surface area (Å²) in [6, 6.07) is 0. The van der Waals surface area contributed by atoms with E-state index in [0.29, 0.717) is 0 Å². The second-order valence-corrected chi connectivity index (χ2v) is 2.68. The molecular formula is C4H6OS. The number of hydrogen-bond acceptors (Lipinski definition) is 1. The fraction of sp³-hybridized carbons (Fsp3) is 0.250. The van der Waals surface area contributed by atoms with Gasteiger partial charge in [-0.25, -0.2) is 0 Å². The molecule has 34 valence electrons. The zero-order valence-electron chi connectivity index (χ0n) is 3.39. The molecule has 0 aliphatic carbocycles. The third kappa shape index (κ3) is 0.627. The van der Waals surface area contributed by atoms with E-state index >= 15 is 0 Å². The summed E-state index contributed by atoms with van der Waals surface area (Å²) < 4.78 is 4.83. The standard InChI is InChI=1S/C4H6OS/c1-6-3-2-5-4-6/h2-3H,1,4H2. The first-order valence-electron chi connectivity index (χ1n) is 1.67. The van der Waals surface area contributed by atoms with E-state index in [-0.39, 0.29) is 10.5 Å². The topological polar surface area (TPSA) is 9.23 Å². The molecule has 0 aromatic rings. The van der Waals surface area contributed by atoms with Gasteiger partial charge in [0.05, 0.1) is 6.26 Å². The molecule has 0 aromatic heterocycles. The lowest BCUT2D eigenvalue weighted by molar-refractivity contribution is 0.326. The molecule has 1 atom stereocenters. The van der Waals surface area contributed by atoms with Crippen LogP contribution in [-0.2, 0) is 4.74 Å². The van der Waals surface area contributed by atoms with Gasteiger partial charge in [-0.1, -0.05) is 5.87 Å². The Morgan fingerprint density at radius 2 is 2.67 bits per heavy atom. The molecule has 1 aliphatic heterocycles. The van der Waals surface area contributed by atoms with Gasteiger partial charge in [0.25, 0.3) is 0 Å². The maximum Gasteiger partial charge on any atom is 0.131 e. The average Bonchev–Trinajstić information content (AvgIpc) is 1.86. The van der Waals surface area contributed by atoms with Crippen LogP contribution < -0.4 is 0 Å². The van der Waals surface area contributed by atoms with Crippen LogP contribution in [0.5, 0.6) is 0 Å². The van der Waals surface area contributed by atoms with Crippen molar-refractivity contribution in [3.8, 4) is 0 Å². The first kappa shape index (κ1) is 3.93. The quantitative estimate of drug-likeness (QED) is 0.417. The van der Waals surface area contributed by atoms with Crippen LogP contribution in [0.25, 0.3) is 0 Å². The Morgan fingerprint density at radius 3 is 2.83 bits per heavy atom. The highest BCUT2D eigenvalue weighted by atomic mass is 32.2. The van der Waals surface area contributed by atoms with Crippen molar-refractivity contribution in [2.45, 2.75) is 0 Å². The SMILES string of the molecule is C=S1C=COC1. The van der Waals surface area contributed by atoms with Crippen LogP contribution in [0.1, 0.15) is 0 Å². The van der Waals surface area contributed by atoms with E-state index in [1.54, 1.807) is 6.26 Å². The summed E-state index contributed by atoms with van der Waals surface area (Å²) >= 11 is 0. The monoisotopic (exact) mass is 102 g/mol. The first-order valence-corrected chi connectivity index (χ1v) is 3.30. The Labute approximate surface area is 39.5 Å². The molecule has 1 unspecified atom stereocenters. The zero-order valence-corrected chi connectivity index (χ0v) is 4.20. The lowest BCUT2D eigenvalue weighted by atomic mass is 11.1. The summed E-state index contributed by atoms with van der Waals surface area (Å²) in [5.74, 6) is 4.55. The Hall–Kier alpha value is -0.240. The minimum absolute atomic E-state index is 0.174. The van der Waals surface area contributed by atoms with Crippen molar-refractivity contribution in [1.29, 1.82) is 0 Å². The second-order valence-electron chi connectivity index (χ2n) is 1.09. The summed E-state index contributed by atoms with van der Waals surface area (Å²) in [6.07, 6.45) is 1.70. The van der Waals surface area contributed by atoms with E-state index < -0.39 is 0 Å². The van der Waals surface area contributed by atoms with Gasteiger partial charge in [0, 0.05) is 5.41 Å². The molecule has 0 amide bonds. The molecule has 0 fully saturated rings. The van der Waals surface area contributed by atoms with Crippen LogP contribution in [0.15, 0.2) is 11.7 Å². The van der Waals surface area contributed by atoms with Crippen LogP contribution in [0.2, 0.25) is 0 Å². The molecule has 1 nitrogen and oxygen atoms in total. The molecular weight excluding hydrogens is 96.1 g/mol. The Morgan fingerprint density at radius 1 is 1.83 bits per heavy atom. The fourth-order valence-corrected chi connectivity index (χ4v) is 0.851. The van der Waals surface area contributed by atoms with Gasteiger partial charge in [-0.05, 0) is 0 Å². The van der Waals surface area contributed by atoms with E-state index in [2.05, 4.69) is 5.87 Å². The normalized spacial score (nSPS) is 30.3. The third-order valence-corrected chi connectivity index (χ3v) is 1.50. The largest absolute Gasteiger partial charge is 0.490 e. The number of ether oxygens (including phenoxy) is 1. The predicted molar refractivity (Wildman–Crippen MR) is 29.8 cm³/mol. The molecule has 0 aromatic carbocycles. The lowest BCUT2D eigenvalue weighted by Gasteiger charge is -1.85. The summed E-state index contributed by atoms with van der Waals surface area (Å²) in [7, 11) is 0.174. The van der Waals surface area contributed by atoms with Crippen LogP contribution in [0.3, 0.4) is 0 Å². The molecule has 6 heavy (non-hydrogen) atoms. The minimum atomic E-state index is 0.174. The Kier molecular flexibility index (Phi) is 0.965. The highest BCUT2D eigenvalue weighted by Gasteiger charge is 1.89. The van der Waals surface area contributed by atoms with E-state index in [4.69, 9.17) is 4.74 Å². The summed E-state index contributed by atoms with van der Waals surface area (Å²) in [4.78, 5) is 0. The van der Waals surface area contributed by atoms with Crippen molar-refractivity contribution in [2.24, 2.45) is 0 Å². The fourth-order valence-electron chi connectivity index (χ4n) is 0.284. The van der Waals surface area contributed by atoms with Crippen molar-refractivity contribution in [1.82, 2.24) is 0 Å². The number of rotatable bonds is 0. The van der Waals surface area contributed by atoms with Gasteiger partial charge in [0.15, 0.2) is 0 Å².